The third-order valence-electron chi connectivity index (χ3n) is 2.97. The molecule has 0 heterocycles. The number of nitrogens with two attached hydrogens (primary N) is 1. The highest BCUT2D eigenvalue weighted by Crippen LogP contribution is 2.22. The molecule has 19 heavy (non-hydrogen) atoms. The molecule has 98 valence electrons. The summed E-state index contributed by atoms with van der Waals surface area (Å²) in [6.07, 6.45) is 0. The maximum atomic E-state index is 12.4. The van der Waals surface area contributed by atoms with Crippen LogP contribution in [-0.2, 0) is 0 Å². The first kappa shape index (κ1) is 13.6. The van der Waals surface area contributed by atoms with Crippen LogP contribution in [-0.4, -0.2) is 13.0 Å². The number of benzene rings is 2. The molecule has 3 nitrogen and oxygen atoms in total. The Morgan fingerprint density at radius 2 is 1.79 bits per heavy atom. The molecule has 0 atom stereocenters. The van der Waals surface area contributed by atoms with Gasteiger partial charge in [-0.1, -0.05) is 33.6 Å². The lowest BCUT2D eigenvalue weighted by molar-refractivity contribution is 0.0994. The van der Waals surface area contributed by atoms with Crippen molar-refractivity contribution in [2.24, 2.45) is 0 Å². The zero-order valence-corrected chi connectivity index (χ0v) is 12.4. The van der Waals surface area contributed by atoms with Crippen molar-refractivity contribution in [2.45, 2.75) is 6.92 Å². The van der Waals surface area contributed by atoms with Crippen LogP contribution < -0.4 is 10.6 Å². The van der Waals surface area contributed by atoms with Crippen LogP contribution >= 0.6 is 15.9 Å². The maximum Gasteiger partial charge on any atom is 0.260 e. The largest absolute Gasteiger partial charge is 0.398 e. The molecular weight excluding hydrogens is 304 g/mol. The third-order valence-corrected chi connectivity index (χ3v) is 3.46. The van der Waals surface area contributed by atoms with Crippen molar-refractivity contribution in [1.29, 1.82) is 0 Å². The summed E-state index contributed by atoms with van der Waals surface area (Å²) in [5, 5.41) is 0. The Kier molecular flexibility index (Phi) is 3.90. The maximum absolute atomic E-state index is 12.4. The van der Waals surface area contributed by atoms with Crippen molar-refractivity contribution >= 4 is 33.2 Å². The molecule has 2 rings (SSSR count). The van der Waals surface area contributed by atoms with Crippen LogP contribution in [0.5, 0.6) is 0 Å². The average molecular weight is 319 g/mol. The highest BCUT2D eigenvalue weighted by atomic mass is 79.9. The number of halogens is 1. The van der Waals surface area contributed by atoms with Crippen LogP contribution in [0.3, 0.4) is 0 Å². The van der Waals surface area contributed by atoms with Gasteiger partial charge in [0.2, 0.25) is 0 Å². The summed E-state index contributed by atoms with van der Waals surface area (Å²) < 4.78 is 0.861. The molecule has 0 saturated carbocycles. The Morgan fingerprint density at radius 3 is 2.37 bits per heavy atom. The number of carbonyl (C=O) groups is 1. The normalized spacial score (nSPS) is 10.3. The summed E-state index contributed by atoms with van der Waals surface area (Å²) in [5.74, 6) is -0.117. The van der Waals surface area contributed by atoms with Crippen LogP contribution in [0.4, 0.5) is 11.4 Å². The van der Waals surface area contributed by atoms with Gasteiger partial charge in [-0.15, -0.1) is 0 Å². The molecule has 0 radical (unpaired) electrons. The molecule has 0 spiro atoms. The lowest BCUT2D eigenvalue weighted by Gasteiger charge is -2.18. The molecule has 1 amide bonds. The molecule has 0 aromatic heterocycles. The fourth-order valence-corrected chi connectivity index (χ4v) is 2.17. The number of rotatable bonds is 2. The summed E-state index contributed by atoms with van der Waals surface area (Å²) in [6, 6.07) is 13.1. The van der Waals surface area contributed by atoms with E-state index in [0.29, 0.717) is 11.3 Å². The van der Waals surface area contributed by atoms with E-state index in [1.54, 1.807) is 24.1 Å². The van der Waals surface area contributed by atoms with E-state index in [4.69, 9.17) is 5.73 Å². The van der Waals surface area contributed by atoms with Gasteiger partial charge in [0, 0.05) is 22.9 Å². The average Bonchev–Trinajstić information content (AvgIpc) is 2.38. The van der Waals surface area contributed by atoms with Gasteiger partial charge in [0.25, 0.3) is 5.91 Å². The predicted octanol–water partition coefficient (Wildman–Crippen LogP) is 3.62. The minimum Gasteiger partial charge on any atom is -0.398 e. The van der Waals surface area contributed by atoms with E-state index in [9.17, 15) is 4.79 Å². The van der Waals surface area contributed by atoms with E-state index in [1.165, 1.54) is 0 Å². The molecule has 2 aromatic rings. The Morgan fingerprint density at radius 1 is 1.16 bits per heavy atom. The minimum absolute atomic E-state index is 0.117. The second-order valence-electron chi connectivity index (χ2n) is 4.43. The number of amides is 1. The van der Waals surface area contributed by atoms with Crippen LogP contribution in [0.15, 0.2) is 46.9 Å². The molecule has 2 N–H and O–H groups in total. The Bertz CT molecular complexity index is 608. The molecule has 0 bridgehead atoms. The highest BCUT2D eigenvalue weighted by Gasteiger charge is 2.16. The Balaban J connectivity index is 2.30. The third kappa shape index (κ3) is 2.96. The Labute approximate surface area is 121 Å². The molecule has 4 heteroatoms. The van der Waals surface area contributed by atoms with Gasteiger partial charge in [-0.05, 0) is 37.3 Å². The summed E-state index contributed by atoms with van der Waals surface area (Å²) in [7, 11) is 1.74. The Hall–Kier alpha value is -1.81. The van der Waals surface area contributed by atoms with Gasteiger partial charge in [-0.3, -0.25) is 4.79 Å². The highest BCUT2D eigenvalue weighted by molar-refractivity contribution is 9.10. The van der Waals surface area contributed by atoms with Crippen LogP contribution in [0, 0.1) is 6.92 Å². The fraction of sp³-hybridized carbons (Fsp3) is 0.133. The summed E-state index contributed by atoms with van der Waals surface area (Å²) in [4.78, 5) is 14.0. The van der Waals surface area contributed by atoms with Crippen LogP contribution in [0.1, 0.15) is 15.9 Å². The summed E-state index contributed by atoms with van der Waals surface area (Å²) >= 11 is 3.33. The number of nitrogens with zero attached hydrogens (tertiary/aromatic N) is 1. The van der Waals surface area contributed by atoms with E-state index >= 15 is 0 Å². The van der Waals surface area contributed by atoms with Gasteiger partial charge in [-0.2, -0.15) is 0 Å². The first-order chi connectivity index (χ1) is 8.99. The molecule has 0 aliphatic carbocycles. The minimum atomic E-state index is -0.117. The van der Waals surface area contributed by atoms with Crippen molar-refractivity contribution in [2.75, 3.05) is 17.7 Å². The van der Waals surface area contributed by atoms with Gasteiger partial charge in [0.15, 0.2) is 0 Å². The zero-order valence-electron chi connectivity index (χ0n) is 10.9. The van der Waals surface area contributed by atoms with E-state index in [-0.39, 0.29) is 5.91 Å². The molecule has 0 saturated heterocycles. The second kappa shape index (κ2) is 5.45. The first-order valence-corrected chi connectivity index (χ1v) is 6.68. The first-order valence-electron chi connectivity index (χ1n) is 5.89. The number of nitrogen functional groups attached to an aromatic ring is 1. The van der Waals surface area contributed by atoms with Crippen LogP contribution in [0.2, 0.25) is 0 Å². The van der Waals surface area contributed by atoms with Gasteiger partial charge in [0.05, 0.1) is 5.56 Å². The number of hydrogen-bond donors (Lipinski definition) is 1. The predicted molar refractivity (Wildman–Crippen MR) is 82.5 cm³/mol. The molecule has 2 aromatic carbocycles. The molecule has 0 aliphatic heterocycles. The quantitative estimate of drug-likeness (QED) is 0.860. The van der Waals surface area contributed by atoms with Crippen molar-refractivity contribution in [1.82, 2.24) is 0 Å². The second-order valence-corrected chi connectivity index (χ2v) is 5.35. The number of aryl methyl sites for hydroxylation is 1. The van der Waals surface area contributed by atoms with Gasteiger partial charge >= 0.3 is 0 Å². The number of anilines is 2. The molecule has 0 fully saturated rings. The van der Waals surface area contributed by atoms with Crippen molar-refractivity contribution in [3.8, 4) is 0 Å². The van der Waals surface area contributed by atoms with E-state index < -0.39 is 0 Å². The van der Waals surface area contributed by atoms with E-state index in [0.717, 1.165) is 15.7 Å². The lowest BCUT2D eigenvalue weighted by atomic mass is 10.1. The smallest absolute Gasteiger partial charge is 0.260 e. The van der Waals surface area contributed by atoms with Crippen molar-refractivity contribution < 1.29 is 4.79 Å². The standard InChI is InChI=1S/C15H15BrN2O/c1-10-3-6-12(7-4-10)18(2)15(19)13-8-5-11(16)9-14(13)17/h3-9H,17H2,1-2H3. The van der Waals surface area contributed by atoms with Gasteiger partial charge < -0.3 is 10.6 Å². The number of hydrogen-bond acceptors (Lipinski definition) is 2. The van der Waals surface area contributed by atoms with E-state index in [1.807, 2.05) is 37.3 Å². The van der Waals surface area contributed by atoms with E-state index in [2.05, 4.69) is 15.9 Å². The number of carbonyl (C=O) groups excluding carboxylic acids is 1. The van der Waals surface area contributed by atoms with Crippen molar-refractivity contribution in [3.05, 3.63) is 58.1 Å². The fourth-order valence-electron chi connectivity index (χ4n) is 1.79. The zero-order chi connectivity index (χ0) is 14.0. The SMILES string of the molecule is Cc1ccc(N(C)C(=O)c2ccc(Br)cc2N)cc1. The van der Waals surface area contributed by atoms with Crippen LogP contribution in [0.25, 0.3) is 0 Å². The lowest BCUT2D eigenvalue weighted by Crippen LogP contribution is -2.27. The summed E-state index contributed by atoms with van der Waals surface area (Å²) in [6.45, 7) is 2.01. The molecular formula is C15H15BrN2O. The molecule has 0 unspecified atom stereocenters. The van der Waals surface area contributed by atoms with Gasteiger partial charge in [0.1, 0.15) is 0 Å². The summed E-state index contributed by atoms with van der Waals surface area (Å²) in [5.41, 5.74) is 8.87. The van der Waals surface area contributed by atoms with Gasteiger partial charge in [-0.25, -0.2) is 0 Å². The monoisotopic (exact) mass is 318 g/mol. The van der Waals surface area contributed by atoms with Crippen molar-refractivity contribution in [3.63, 3.8) is 0 Å². The molecule has 0 aliphatic rings. The topological polar surface area (TPSA) is 46.3 Å².